The number of amides is 1. The van der Waals surface area contributed by atoms with Gasteiger partial charge in [-0.25, -0.2) is 0 Å². The van der Waals surface area contributed by atoms with Crippen LogP contribution < -0.4 is 5.32 Å². The summed E-state index contributed by atoms with van der Waals surface area (Å²) in [6.45, 7) is 6.60. The Morgan fingerprint density at radius 3 is 2.38 bits per heavy atom. The number of carbonyl (C=O) groups is 2. The molecule has 0 heterocycles. The predicted molar refractivity (Wildman–Crippen MR) is 63.1 cm³/mol. The molecule has 4 nitrogen and oxygen atoms in total. The van der Waals surface area contributed by atoms with E-state index in [1.807, 2.05) is 13.8 Å². The lowest BCUT2D eigenvalue weighted by molar-refractivity contribution is -0.137. The number of aliphatic carboxylic acids is 1. The van der Waals surface area contributed by atoms with Crippen LogP contribution in [0.5, 0.6) is 0 Å². The van der Waals surface area contributed by atoms with Crippen LogP contribution in [0.3, 0.4) is 0 Å². The number of carbonyl (C=O) groups excluding carboxylic acids is 1. The molecule has 0 saturated carbocycles. The molecular formula is C12H23NO3. The zero-order chi connectivity index (χ0) is 12.6. The monoisotopic (exact) mass is 229 g/mol. The van der Waals surface area contributed by atoms with Crippen molar-refractivity contribution < 1.29 is 14.7 Å². The molecule has 0 spiro atoms. The van der Waals surface area contributed by atoms with Gasteiger partial charge >= 0.3 is 5.97 Å². The largest absolute Gasteiger partial charge is 0.481 e. The zero-order valence-corrected chi connectivity index (χ0v) is 10.5. The molecule has 0 saturated heterocycles. The third-order valence-corrected chi connectivity index (χ3v) is 2.61. The zero-order valence-electron chi connectivity index (χ0n) is 10.5. The van der Waals surface area contributed by atoms with E-state index < -0.39 is 5.97 Å². The summed E-state index contributed by atoms with van der Waals surface area (Å²) in [4.78, 5) is 22.0. The summed E-state index contributed by atoms with van der Waals surface area (Å²) in [5.74, 6) is -0.375. The molecule has 0 aromatic carbocycles. The second-order valence-electron chi connectivity index (χ2n) is 4.43. The van der Waals surface area contributed by atoms with Crippen LogP contribution in [-0.4, -0.2) is 23.5 Å². The fourth-order valence-electron chi connectivity index (χ4n) is 1.66. The van der Waals surface area contributed by atoms with E-state index in [1.54, 1.807) is 0 Å². The average molecular weight is 229 g/mol. The van der Waals surface area contributed by atoms with Gasteiger partial charge < -0.3 is 10.4 Å². The van der Waals surface area contributed by atoms with Crippen LogP contribution in [0.15, 0.2) is 0 Å². The van der Waals surface area contributed by atoms with Gasteiger partial charge in [0.05, 0.1) is 0 Å². The highest BCUT2D eigenvalue weighted by Gasteiger charge is 2.20. The summed E-state index contributed by atoms with van der Waals surface area (Å²) >= 11 is 0. The van der Waals surface area contributed by atoms with Crippen molar-refractivity contribution in [2.75, 3.05) is 6.54 Å². The maximum atomic E-state index is 11.8. The molecular weight excluding hydrogens is 206 g/mol. The Balaban J connectivity index is 3.87. The third kappa shape index (κ3) is 6.43. The second kappa shape index (κ2) is 8.13. The molecule has 0 aliphatic heterocycles. The lowest BCUT2D eigenvalue weighted by atomic mass is 9.90. The minimum Gasteiger partial charge on any atom is -0.481 e. The highest BCUT2D eigenvalue weighted by molar-refractivity contribution is 5.78. The van der Waals surface area contributed by atoms with Crippen molar-refractivity contribution in [1.82, 2.24) is 5.32 Å². The molecule has 2 N–H and O–H groups in total. The first-order valence-corrected chi connectivity index (χ1v) is 5.98. The van der Waals surface area contributed by atoms with E-state index in [0.29, 0.717) is 18.9 Å². The molecule has 94 valence electrons. The standard InChI is InChI=1S/C12H23NO3/c1-4-6-10(9(2)3)12(16)13-8-5-7-11(14)15/h9-10H,4-8H2,1-3H3,(H,13,16)(H,14,15). The van der Waals surface area contributed by atoms with Gasteiger partial charge in [-0.1, -0.05) is 27.2 Å². The third-order valence-electron chi connectivity index (χ3n) is 2.61. The summed E-state index contributed by atoms with van der Waals surface area (Å²) < 4.78 is 0. The molecule has 0 rings (SSSR count). The number of carboxylic acids is 1. The number of rotatable bonds is 8. The first-order chi connectivity index (χ1) is 7.49. The number of nitrogens with one attached hydrogen (secondary N) is 1. The lowest BCUT2D eigenvalue weighted by Gasteiger charge is -2.19. The fraction of sp³-hybridized carbons (Fsp3) is 0.833. The minimum atomic E-state index is -0.816. The van der Waals surface area contributed by atoms with E-state index in [9.17, 15) is 9.59 Å². The Kier molecular flexibility index (Phi) is 7.60. The highest BCUT2D eigenvalue weighted by atomic mass is 16.4. The topological polar surface area (TPSA) is 66.4 Å². The van der Waals surface area contributed by atoms with Crippen LogP contribution in [0.25, 0.3) is 0 Å². The van der Waals surface area contributed by atoms with E-state index in [2.05, 4.69) is 12.2 Å². The smallest absolute Gasteiger partial charge is 0.303 e. The van der Waals surface area contributed by atoms with Gasteiger partial charge in [-0.3, -0.25) is 9.59 Å². The van der Waals surface area contributed by atoms with Gasteiger partial charge in [0, 0.05) is 18.9 Å². The summed E-state index contributed by atoms with van der Waals surface area (Å²) in [5, 5.41) is 11.2. The van der Waals surface area contributed by atoms with Gasteiger partial charge in [0.2, 0.25) is 5.91 Å². The number of carboxylic acid groups (broad SMARTS) is 1. The molecule has 1 amide bonds. The molecule has 1 unspecified atom stereocenters. The first kappa shape index (κ1) is 14.9. The second-order valence-corrected chi connectivity index (χ2v) is 4.43. The van der Waals surface area contributed by atoms with Gasteiger partial charge in [-0.05, 0) is 18.8 Å². The van der Waals surface area contributed by atoms with Gasteiger partial charge in [0.1, 0.15) is 0 Å². The van der Waals surface area contributed by atoms with Gasteiger partial charge in [-0.2, -0.15) is 0 Å². The van der Waals surface area contributed by atoms with Gasteiger partial charge in [0.25, 0.3) is 0 Å². The molecule has 0 fully saturated rings. The maximum Gasteiger partial charge on any atom is 0.303 e. The summed E-state index contributed by atoms with van der Waals surface area (Å²) in [7, 11) is 0. The molecule has 0 aliphatic rings. The van der Waals surface area contributed by atoms with E-state index in [-0.39, 0.29) is 18.2 Å². The van der Waals surface area contributed by atoms with Crippen molar-refractivity contribution in [3.63, 3.8) is 0 Å². The van der Waals surface area contributed by atoms with Crippen molar-refractivity contribution in [3.05, 3.63) is 0 Å². The Labute approximate surface area is 97.4 Å². The normalized spacial score (nSPS) is 12.5. The van der Waals surface area contributed by atoms with E-state index in [0.717, 1.165) is 12.8 Å². The molecule has 0 bridgehead atoms. The van der Waals surface area contributed by atoms with Crippen molar-refractivity contribution >= 4 is 11.9 Å². The molecule has 0 aliphatic carbocycles. The van der Waals surface area contributed by atoms with Crippen molar-refractivity contribution in [1.29, 1.82) is 0 Å². The molecule has 4 heteroatoms. The Morgan fingerprint density at radius 1 is 1.31 bits per heavy atom. The van der Waals surface area contributed by atoms with E-state index in [1.165, 1.54) is 0 Å². The van der Waals surface area contributed by atoms with Crippen molar-refractivity contribution in [3.8, 4) is 0 Å². The van der Waals surface area contributed by atoms with Crippen molar-refractivity contribution in [2.45, 2.75) is 46.5 Å². The highest BCUT2D eigenvalue weighted by Crippen LogP contribution is 2.16. The molecule has 0 radical (unpaired) electrons. The van der Waals surface area contributed by atoms with Crippen LogP contribution in [0.2, 0.25) is 0 Å². The first-order valence-electron chi connectivity index (χ1n) is 5.98. The minimum absolute atomic E-state index is 0.0508. The van der Waals surface area contributed by atoms with Crippen molar-refractivity contribution in [2.24, 2.45) is 11.8 Å². The Hall–Kier alpha value is -1.06. The van der Waals surface area contributed by atoms with Crippen LogP contribution in [0.4, 0.5) is 0 Å². The van der Waals surface area contributed by atoms with Crippen LogP contribution in [-0.2, 0) is 9.59 Å². The van der Waals surface area contributed by atoms with Crippen LogP contribution in [0, 0.1) is 11.8 Å². The fourth-order valence-corrected chi connectivity index (χ4v) is 1.66. The number of hydrogen-bond donors (Lipinski definition) is 2. The summed E-state index contributed by atoms with van der Waals surface area (Å²) in [5.41, 5.74) is 0. The van der Waals surface area contributed by atoms with E-state index >= 15 is 0 Å². The average Bonchev–Trinajstić information content (AvgIpc) is 2.19. The van der Waals surface area contributed by atoms with Gasteiger partial charge in [-0.15, -0.1) is 0 Å². The summed E-state index contributed by atoms with van der Waals surface area (Å²) in [6, 6.07) is 0. The molecule has 1 atom stereocenters. The Bertz CT molecular complexity index is 226. The summed E-state index contributed by atoms with van der Waals surface area (Å²) in [6.07, 6.45) is 2.49. The van der Waals surface area contributed by atoms with Crippen LogP contribution in [0.1, 0.15) is 46.5 Å². The quantitative estimate of drug-likeness (QED) is 0.626. The maximum absolute atomic E-state index is 11.8. The SMILES string of the molecule is CCCC(C(=O)NCCCC(=O)O)C(C)C. The molecule has 0 aromatic heterocycles. The Morgan fingerprint density at radius 2 is 1.94 bits per heavy atom. The molecule has 16 heavy (non-hydrogen) atoms. The van der Waals surface area contributed by atoms with Gasteiger partial charge in [0.15, 0.2) is 0 Å². The lowest BCUT2D eigenvalue weighted by Crippen LogP contribution is -2.34. The number of hydrogen-bond acceptors (Lipinski definition) is 2. The van der Waals surface area contributed by atoms with Crippen LogP contribution >= 0.6 is 0 Å². The van der Waals surface area contributed by atoms with E-state index in [4.69, 9.17) is 5.11 Å². The molecule has 0 aromatic rings. The predicted octanol–water partition coefficient (Wildman–Crippen LogP) is 2.04.